The van der Waals surface area contributed by atoms with Crippen molar-refractivity contribution in [2.24, 2.45) is 0 Å². The third-order valence-electron chi connectivity index (χ3n) is 4.81. The Bertz CT molecular complexity index is 1110. The van der Waals surface area contributed by atoms with Crippen molar-refractivity contribution in [3.05, 3.63) is 71.0 Å². The van der Waals surface area contributed by atoms with Crippen LogP contribution in [0, 0.1) is 0 Å². The smallest absolute Gasteiger partial charge is 0.204 e. The van der Waals surface area contributed by atoms with Gasteiger partial charge in [0.25, 0.3) is 0 Å². The van der Waals surface area contributed by atoms with Crippen molar-refractivity contribution in [2.75, 3.05) is 17.7 Å². The molecule has 0 spiro atoms. The standard InChI is InChI=1S/C20H19N3O3S2/c1-28(25,26)16-7-2-5-14(11-16)19(24)18-13-22-20(27-18)23-10-4-8-17(23)15-6-3-9-21-12-15/h2-3,5-7,9,11-13,17H,4,8,10H2,1H3. The van der Waals surface area contributed by atoms with E-state index in [0.29, 0.717) is 10.4 Å². The minimum atomic E-state index is -3.37. The van der Waals surface area contributed by atoms with Gasteiger partial charge in [-0.15, -0.1) is 0 Å². The Labute approximate surface area is 167 Å². The highest BCUT2D eigenvalue weighted by atomic mass is 32.2. The van der Waals surface area contributed by atoms with Crippen molar-refractivity contribution < 1.29 is 13.2 Å². The van der Waals surface area contributed by atoms with Crippen molar-refractivity contribution in [2.45, 2.75) is 23.8 Å². The summed E-state index contributed by atoms with van der Waals surface area (Å²) in [6, 6.07) is 10.3. The highest BCUT2D eigenvalue weighted by Crippen LogP contribution is 2.38. The van der Waals surface area contributed by atoms with Crippen molar-refractivity contribution in [1.29, 1.82) is 0 Å². The van der Waals surface area contributed by atoms with Gasteiger partial charge in [-0.2, -0.15) is 0 Å². The Morgan fingerprint density at radius 3 is 2.82 bits per heavy atom. The molecule has 0 radical (unpaired) electrons. The first-order valence-corrected chi connectivity index (χ1v) is 11.6. The van der Waals surface area contributed by atoms with Gasteiger partial charge in [0.2, 0.25) is 5.78 Å². The zero-order valence-corrected chi connectivity index (χ0v) is 16.9. The van der Waals surface area contributed by atoms with Gasteiger partial charge in [0.1, 0.15) is 0 Å². The molecule has 0 aliphatic carbocycles. The molecule has 3 heterocycles. The third kappa shape index (κ3) is 3.70. The number of benzene rings is 1. The molecule has 144 valence electrons. The van der Waals surface area contributed by atoms with Crippen LogP contribution >= 0.6 is 11.3 Å². The van der Waals surface area contributed by atoms with E-state index in [-0.39, 0.29) is 16.7 Å². The summed E-state index contributed by atoms with van der Waals surface area (Å²) >= 11 is 1.34. The number of hydrogen-bond acceptors (Lipinski definition) is 7. The van der Waals surface area contributed by atoms with E-state index in [0.717, 1.165) is 36.3 Å². The summed E-state index contributed by atoms with van der Waals surface area (Å²) in [6.07, 6.45) is 8.41. The number of thiazole rings is 1. The maximum Gasteiger partial charge on any atom is 0.204 e. The van der Waals surface area contributed by atoms with Gasteiger partial charge >= 0.3 is 0 Å². The maximum atomic E-state index is 12.9. The molecule has 1 aliphatic heterocycles. The molecule has 4 rings (SSSR count). The molecular formula is C20H19N3O3S2. The van der Waals surface area contributed by atoms with Crippen molar-refractivity contribution in [3.8, 4) is 0 Å². The number of aromatic nitrogens is 2. The van der Waals surface area contributed by atoms with Gasteiger partial charge in [0, 0.05) is 30.8 Å². The van der Waals surface area contributed by atoms with Crippen LogP contribution in [0.25, 0.3) is 0 Å². The minimum Gasteiger partial charge on any atom is -0.341 e. The number of carbonyl (C=O) groups is 1. The lowest BCUT2D eigenvalue weighted by molar-refractivity contribution is 0.104. The van der Waals surface area contributed by atoms with E-state index < -0.39 is 9.84 Å². The third-order valence-corrected chi connectivity index (χ3v) is 6.95. The summed E-state index contributed by atoms with van der Waals surface area (Å²) < 4.78 is 23.5. The molecule has 0 amide bonds. The fourth-order valence-electron chi connectivity index (χ4n) is 3.43. The molecule has 1 aromatic carbocycles. The molecule has 1 unspecified atom stereocenters. The monoisotopic (exact) mass is 413 g/mol. The predicted molar refractivity (Wildman–Crippen MR) is 109 cm³/mol. The maximum absolute atomic E-state index is 12.9. The summed E-state index contributed by atoms with van der Waals surface area (Å²) in [5, 5.41) is 0.800. The predicted octanol–water partition coefficient (Wildman–Crippen LogP) is 3.51. The molecular weight excluding hydrogens is 394 g/mol. The normalized spacial score (nSPS) is 17.0. The van der Waals surface area contributed by atoms with Crippen LogP contribution in [0.1, 0.15) is 39.7 Å². The van der Waals surface area contributed by atoms with Crippen LogP contribution in [0.5, 0.6) is 0 Å². The molecule has 0 N–H and O–H groups in total. The Morgan fingerprint density at radius 2 is 2.07 bits per heavy atom. The molecule has 1 aliphatic rings. The molecule has 1 fully saturated rings. The first-order chi connectivity index (χ1) is 13.4. The van der Waals surface area contributed by atoms with Crippen LogP contribution in [0.2, 0.25) is 0 Å². The van der Waals surface area contributed by atoms with Gasteiger partial charge in [0.05, 0.1) is 22.0 Å². The fourth-order valence-corrected chi connectivity index (χ4v) is 5.05. The van der Waals surface area contributed by atoms with Crippen molar-refractivity contribution in [3.63, 3.8) is 0 Å². The number of pyridine rings is 1. The fraction of sp³-hybridized carbons (Fsp3) is 0.250. The lowest BCUT2D eigenvalue weighted by atomic mass is 10.1. The van der Waals surface area contributed by atoms with Gasteiger partial charge in [-0.3, -0.25) is 9.78 Å². The average Bonchev–Trinajstić information content (AvgIpc) is 3.37. The summed E-state index contributed by atoms with van der Waals surface area (Å²) in [6.45, 7) is 0.879. The first-order valence-electron chi connectivity index (χ1n) is 8.91. The molecule has 1 saturated heterocycles. The average molecular weight is 414 g/mol. The Morgan fingerprint density at radius 1 is 1.21 bits per heavy atom. The molecule has 8 heteroatoms. The summed E-state index contributed by atoms with van der Waals surface area (Å²) in [7, 11) is -3.37. The van der Waals surface area contributed by atoms with E-state index in [9.17, 15) is 13.2 Å². The number of ketones is 1. The highest BCUT2D eigenvalue weighted by Gasteiger charge is 2.29. The Hall–Kier alpha value is -2.58. The molecule has 6 nitrogen and oxygen atoms in total. The molecule has 0 bridgehead atoms. The van der Waals surface area contributed by atoms with Crippen molar-refractivity contribution in [1.82, 2.24) is 9.97 Å². The molecule has 0 saturated carbocycles. The van der Waals surface area contributed by atoms with E-state index in [1.54, 1.807) is 24.5 Å². The highest BCUT2D eigenvalue weighted by molar-refractivity contribution is 7.90. The van der Waals surface area contributed by atoms with Crippen LogP contribution in [-0.2, 0) is 9.84 Å². The zero-order chi connectivity index (χ0) is 19.7. The van der Waals surface area contributed by atoms with Crippen molar-refractivity contribution >= 4 is 32.1 Å². The van der Waals surface area contributed by atoms with Gasteiger partial charge in [-0.1, -0.05) is 29.5 Å². The zero-order valence-electron chi connectivity index (χ0n) is 15.3. The number of rotatable bonds is 5. The van der Waals surface area contributed by atoms with Crippen LogP contribution < -0.4 is 4.90 Å². The second kappa shape index (κ2) is 7.44. The Kier molecular flexibility index (Phi) is 4.99. The van der Waals surface area contributed by atoms with E-state index >= 15 is 0 Å². The van der Waals surface area contributed by atoms with Crippen LogP contribution in [0.15, 0.2) is 59.9 Å². The number of sulfone groups is 1. The van der Waals surface area contributed by atoms with Crippen LogP contribution in [-0.4, -0.2) is 37.0 Å². The molecule has 1 atom stereocenters. The van der Waals surface area contributed by atoms with Crippen LogP contribution in [0.3, 0.4) is 0 Å². The van der Waals surface area contributed by atoms with Gasteiger partial charge in [0.15, 0.2) is 15.0 Å². The summed E-state index contributed by atoms with van der Waals surface area (Å²) in [5.74, 6) is -0.216. The van der Waals surface area contributed by atoms with E-state index in [2.05, 4.69) is 20.9 Å². The van der Waals surface area contributed by atoms with E-state index in [1.165, 1.54) is 23.5 Å². The summed E-state index contributed by atoms with van der Waals surface area (Å²) in [5.41, 5.74) is 1.49. The topological polar surface area (TPSA) is 80.2 Å². The van der Waals surface area contributed by atoms with Crippen LogP contribution in [0.4, 0.5) is 5.13 Å². The SMILES string of the molecule is CS(=O)(=O)c1cccc(C(=O)c2cnc(N3CCCC3c3cccnc3)s2)c1. The van der Waals surface area contributed by atoms with Gasteiger partial charge in [-0.25, -0.2) is 13.4 Å². The largest absolute Gasteiger partial charge is 0.341 e. The second-order valence-electron chi connectivity index (χ2n) is 6.77. The first kappa shape index (κ1) is 18.8. The number of nitrogens with zero attached hydrogens (tertiary/aromatic N) is 3. The lowest BCUT2D eigenvalue weighted by Gasteiger charge is -2.23. The van der Waals surface area contributed by atoms with Gasteiger partial charge in [-0.05, 0) is 36.6 Å². The van der Waals surface area contributed by atoms with Gasteiger partial charge < -0.3 is 4.90 Å². The number of hydrogen-bond donors (Lipinski definition) is 0. The summed E-state index contributed by atoms with van der Waals surface area (Å²) in [4.78, 5) is 24.4. The quantitative estimate of drug-likeness (QED) is 0.596. The molecule has 28 heavy (non-hydrogen) atoms. The number of carbonyl (C=O) groups excluding carboxylic acids is 1. The molecule has 2 aromatic heterocycles. The molecule has 3 aromatic rings. The number of anilines is 1. The van der Waals surface area contributed by atoms with E-state index in [4.69, 9.17) is 0 Å². The lowest BCUT2D eigenvalue weighted by Crippen LogP contribution is -2.22. The Balaban J connectivity index is 1.60. The second-order valence-corrected chi connectivity index (χ2v) is 9.80. The minimum absolute atomic E-state index is 0.138. The van der Waals surface area contributed by atoms with E-state index in [1.807, 2.05) is 12.3 Å².